The maximum atomic E-state index is 4.21. The zero-order valence-electron chi connectivity index (χ0n) is 5.83. The Labute approximate surface area is 58.9 Å². The molecule has 1 heterocycles. The van der Waals surface area contributed by atoms with Crippen LogP contribution in [0.15, 0.2) is 12.4 Å². The number of aromatic nitrogens is 2. The second-order valence-corrected chi connectivity index (χ2v) is 2.48. The zero-order valence-corrected chi connectivity index (χ0v) is 5.83. The van der Waals surface area contributed by atoms with E-state index in [4.69, 9.17) is 0 Å². The molecule has 2 rings (SSSR count). The van der Waals surface area contributed by atoms with Crippen molar-refractivity contribution in [2.45, 2.75) is 13.3 Å². The quantitative estimate of drug-likeness (QED) is 0.490. The zero-order chi connectivity index (χ0) is 6.97. The molecule has 1 aliphatic rings. The highest BCUT2D eigenvalue weighted by atomic mass is 14.8. The van der Waals surface area contributed by atoms with Gasteiger partial charge in [-0.1, -0.05) is 6.08 Å². The molecule has 0 spiro atoms. The van der Waals surface area contributed by atoms with Crippen molar-refractivity contribution in [2.24, 2.45) is 0 Å². The van der Waals surface area contributed by atoms with Gasteiger partial charge < -0.3 is 0 Å². The van der Waals surface area contributed by atoms with Crippen LogP contribution in [0.4, 0.5) is 0 Å². The third-order valence-corrected chi connectivity index (χ3v) is 1.73. The summed E-state index contributed by atoms with van der Waals surface area (Å²) in [6, 6.07) is 0. The van der Waals surface area contributed by atoms with E-state index in [0.29, 0.717) is 0 Å². The lowest BCUT2D eigenvalue weighted by atomic mass is 10.3. The summed E-state index contributed by atoms with van der Waals surface area (Å²) in [6.07, 6.45) is 6.59. The highest BCUT2D eigenvalue weighted by molar-refractivity contribution is 5.54. The smallest absolute Gasteiger partial charge is 0.0875 e. The Bertz CT molecular complexity index is 365. The standard InChI is InChI=1S/C8H8N2/c1-6-2-3-7-8(6)10-5-4-9-7/h3-5H,2H2,1H3. The van der Waals surface area contributed by atoms with Crippen LogP contribution in [0.3, 0.4) is 0 Å². The molecule has 0 unspecified atom stereocenters. The lowest BCUT2D eigenvalue weighted by molar-refractivity contribution is 1.10. The molecule has 10 heavy (non-hydrogen) atoms. The topological polar surface area (TPSA) is 25.8 Å². The Hall–Kier alpha value is -1.18. The molecule has 0 radical (unpaired) electrons. The Morgan fingerprint density at radius 1 is 1.30 bits per heavy atom. The van der Waals surface area contributed by atoms with E-state index < -0.39 is 0 Å². The Balaban J connectivity index is 2.96. The van der Waals surface area contributed by atoms with Crippen LogP contribution in [-0.4, -0.2) is 9.97 Å². The molecule has 1 aromatic rings. The third-order valence-electron chi connectivity index (χ3n) is 1.73. The van der Waals surface area contributed by atoms with Gasteiger partial charge in [-0.05, 0) is 18.9 Å². The second kappa shape index (κ2) is 1.90. The minimum absolute atomic E-state index is 1.01. The van der Waals surface area contributed by atoms with E-state index in [2.05, 4.69) is 23.0 Å². The molecule has 0 saturated heterocycles. The van der Waals surface area contributed by atoms with Gasteiger partial charge in [-0.25, -0.2) is 0 Å². The summed E-state index contributed by atoms with van der Waals surface area (Å²) < 4.78 is 0. The molecule has 0 aromatic carbocycles. The summed E-state index contributed by atoms with van der Waals surface area (Å²) in [5.41, 5.74) is 1.32. The van der Waals surface area contributed by atoms with E-state index >= 15 is 0 Å². The predicted molar refractivity (Wildman–Crippen MR) is 39.4 cm³/mol. The molecular formula is C8H8N2. The molecular weight excluding hydrogens is 124 g/mol. The van der Waals surface area contributed by atoms with Crippen molar-refractivity contribution in [3.8, 4) is 0 Å². The molecule has 0 amide bonds. The molecule has 0 fully saturated rings. The number of hydrogen-bond acceptors (Lipinski definition) is 2. The van der Waals surface area contributed by atoms with Crippen molar-refractivity contribution < 1.29 is 0 Å². The van der Waals surface area contributed by atoms with Gasteiger partial charge in [0, 0.05) is 12.4 Å². The molecule has 2 nitrogen and oxygen atoms in total. The van der Waals surface area contributed by atoms with Crippen molar-refractivity contribution >= 4 is 11.6 Å². The van der Waals surface area contributed by atoms with Gasteiger partial charge in [0.05, 0.1) is 10.7 Å². The van der Waals surface area contributed by atoms with E-state index in [0.717, 1.165) is 17.1 Å². The average molecular weight is 132 g/mol. The molecule has 0 saturated carbocycles. The Morgan fingerprint density at radius 3 is 2.90 bits per heavy atom. The number of hydrogen-bond donors (Lipinski definition) is 0. The average Bonchev–Trinajstić information content (AvgIpc) is 2.34. The molecule has 2 heteroatoms. The van der Waals surface area contributed by atoms with E-state index in [9.17, 15) is 0 Å². The fourth-order valence-corrected chi connectivity index (χ4v) is 1.17. The van der Waals surface area contributed by atoms with Crippen LogP contribution in [0.2, 0.25) is 0 Å². The summed E-state index contributed by atoms with van der Waals surface area (Å²) in [5.74, 6) is 0. The minimum atomic E-state index is 1.01. The van der Waals surface area contributed by atoms with E-state index in [-0.39, 0.29) is 0 Å². The van der Waals surface area contributed by atoms with Gasteiger partial charge in [0.25, 0.3) is 0 Å². The van der Waals surface area contributed by atoms with Gasteiger partial charge in [-0.2, -0.15) is 0 Å². The van der Waals surface area contributed by atoms with Crippen LogP contribution >= 0.6 is 0 Å². The summed E-state index contributed by atoms with van der Waals surface area (Å²) in [7, 11) is 0. The minimum Gasteiger partial charge on any atom is -0.253 e. The van der Waals surface area contributed by atoms with Crippen molar-refractivity contribution in [1.29, 1.82) is 0 Å². The Kier molecular flexibility index (Phi) is 1.07. The first-order valence-corrected chi connectivity index (χ1v) is 3.35. The predicted octanol–water partition coefficient (Wildman–Crippen LogP) is -0.169. The third kappa shape index (κ3) is 0.652. The normalized spacial score (nSPS) is 14.7. The molecule has 1 aliphatic carbocycles. The van der Waals surface area contributed by atoms with Crippen LogP contribution in [0.25, 0.3) is 11.6 Å². The van der Waals surface area contributed by atoms with Gasteiger partial charge in [0.15, 0.2) is 0 Å². The maximum absolute atomic E-state index is 4.21. The SMILES string of the molecule is CC1=c2nccnc2=CC1. The van der Waals surface area contributed by atoms with Crippen LogP contribution < -0.4 is 10.7 Å². The fraction of sp³-hybridized carbons (Fsp3) is 0.250. The van der Waals surface area contributed by atoms with E-state index in [1.807, 2.05) is 0 Å². The van der Waals surface area contributed by atoms with Gasteiger partial charge in [-0.3, -0.25) is 9.97 Å². The van der Waals surface area contributed by atoms with Crippen LogP contribution in [0.5, 0.6) is 0 Å². The van der Waals surface area contributed by atoms with Crippen molar-refractivity contribution in [2.75, 3.05) is 0 Å². The summed E-state index contributed by atoms with van der Waals surface area (Å²) in [6.45, 7) is 2.09. The largest absolute Gasteiger partial charge is 0.253 e. The maximum Gasteiger partial charge on any atom is 0.0875 e. The lowest BCUT2D eigenvalue weighted by Crippen LogP contribution is -2.28. The molecule has 50 valence electrons. The lowest BCUT2D eigenvalue weighted by Gasteiger charge is -1.84. The van der Waals surface area contributed by atoms with Gasteiger partial charge in [0.1, 0.15) is 0 Å². The monoisotopic (exact) mass is 132 g/mol. The van der Waals surface area contributed by atoms with E-state index in [1.165, 1.54) is 5.57 Å². The number of rotatable bonds is 0. The first kappa shape index (κ1) is 5.59. The fourth-order valence-electron chi connectivity index (χ4n) is 1.17. The summed E-state index contributed by atoms with van der Waals surface area (Å²) in [5, 5.41) is 2.11. The van der Waals surface area contributed by atoms with Crippen molar-refractivity contribution in [1.82, 2.24) is 9.97 Å². The second-order valence-electron chi connectivity index (χ2n) is 2.48. The summed E-state index contributed by atoms with van der Waals surface area (Å²) >= 11 is 0. The van der Waals surface area contributed by atoms with Gasteiger partial charge in [0.2, 0.25) is 0 Å². The van der Waals surface area contributed by atoms with Crippen molar-refractivity contribution in [3.05, 3.63) is 23.1 Å². The van der Waals surface area contributed by atoms with Crippen LogP contribution in [-0.2, 0) is 0 Å². The number of fused-ring (bicyclic) bond motifs is 1. The summed E-state index contributed by atoms with van der Waals surface area (Å²) in [4.78, 5) is 8.38. The van der Waals surface area contributed by atoms with Crippen molar-refractivity contribution in [3.63, 3.8) is 0 Å². The number of nitrogens with zero attached hydrogens (tertiary/aromatic N) is 2. The highest BCUT2D eigenvalue weighted by Crippen LogP contribution is 1.99. The molecule has 0 N–H and O–H groups in total. The first-order chi connectivity index (χ1) is 4.88. The van der Waals surface area contributed by atoms with Gasteiger partial charge in [-0.15, -0.1) is 0 Å². The molecule has 0 atom stereocenters. The molecule has 1 aromatic heterocycles. The van der Waals surface area contributed by atoms with Crippen LogP contribution in [0, 0.1) is 0 Å². The molecule has 0 bridgehead atoms. The Morgan fingerprint density at radius 2 is 2.10 bits per heavy atom. The molecule has 0 aliphatic heterocycles. The van der Waals surface area contributed by atoms with E-state index in [1.54, 1.807) is 12.4 Å². The first-order valence-electron chi connectivity index (χ1n) is 3.35. The van der Waals surface area contributed by atoms with Crippen LogP contribution in [0.1, 0.15) is 13.3 Å². The van der Waals surface area contributed by atoms with Gasteiger partial charge >= 0.3 is 0 Å². The highest BCUT2D eigenvalue weighted by Gasteiger charge is 1.99.